The second-order valence-corrected chi connectivity index (χ2v) is 5.92. The predicted molar refractivity (Wildman–Crippen MR) is 89.8 cm³/mol. The molecule has 1 amide bonds. The van der Waals surface area contributed by atoms with Gasteiger partial charge in [0.25, 0.3) is 11.6 Å². The van der Waals surface area contributed by atoms with Crippen LogP contribution in [0.2, 0.25) is 0 Å². The van der Waals surface area contributed by atoms with Crippen LogP contribution in [0.4, 0.5) is 5.69 Å². The highest BCUT2D eigenvalue weighted by molar-refractivity contribution is 5.99. The molecule has 2 rings (SSSR count). The van der Waals surface area contributed by atoms with Crippen molar-refractivity contribution in [1.82, 2.24) is 4.90 Å². The number of methoxy groups -OCH3 is 1. The van der Waals surface area contributed by atoms with Crippen LogP contribution in [0.15, 0.2) is 12.1 Å². The zero-order chi connectivity index (χ0) is 17.7. The third-order valence-electron chi connectivity index (χ3n) is 4.45. The van der Waals surface area contributed by atoms with E-state index in [-0.39, 0.29) is 28.9 Å². The number of nitro benzene ring substituents is 1. The second-order valence-electron chi connectivity index (χ2n) is 5.92. The van der Waals surface area contributed by atoms with Crippen molar-refractivity contribution in [2.45, 2.75) is 45.1 Å². The number of rotatable bonds is 6. The van der Waals surface area contributed by atoms with Crippen LogP contribution in [0.5, 0.6) is 11.5 Å². The fourth-order valence-corrected chi connectivity index (χ4v) is 3.12. The summed E-state index contributed by atoms with van der Waals surface area (Å²) in [7, 11) is 3.16. The van der Waals surface area contributed by atoms with Gasteiger partial charge in [-0.3, -0.25) is 14.9 Å². The highest BCUT2D eigenvalue weighted by Crippen LogP contribution is 2.36. The number of benzene rings is 1. The Morgan fingerprint density at radius 3 is 2.50 bits per heavy atom. The highest BCUT2D eigenvalue weighted by Gasteiger charge is 2.30. The monoisotopic (exact) mass is 336 g/mol. The van der Waals surface area contributed by atoms with Crippen molar-refractivity contribution < 1.29 is 19.2 Å². The first-order chi connectivity index (χ1) is 11.5. The Balaban J connectivity index is 2.39. The van der Waals surface area contributed by atoms with Gasteiger partial charge in [0.1, 0.15) is 5.56 Å². The van der Waals surface area contributed by atoms with Crippen LogP contribution in [0.25, 0.3) is 0 Å². The lowest BCUT2D eigenvalue weighted by Gasteiger charge is -2.31. The molecule has 0 unspecified atom stereocenters. The molecule has 1 saturated carbocycles. The summed E-state index contributed by atoms with van der Waals surface area (Å²) in [4.78, 5) is 25.3. The number of carbonyl (C=O) groups excluding carboxylic acids is 1. The molecule has 0 atom stereocenters. The molecule has 24 heavy (non-hydrogen) atoms. The molecule has 0 heterocycles. The molecule has 7 nitrogen and oxygen atoms in total. The fourth-order valence-electron chi connectivity index (χ4n) is 3.12. The van der Waals surface area contributed by atoms with Crippen molar-refractivity contribution in [2.24, 2.45) is 0 Å². The van der Waals surface area contributed by atoms with Crippen LogP contribution in [-0.2, 0) is 0 Å². The van der Waals surface area contributed by atoms with Gasteiger partial charge in [-0.05, 0) is 19.8 Å². The average Bonchev–Trinajstić information content (AvgIpc) is 2.61. The van der Waals surface area contributed by atoms with Gasteiger partial charge in [0.15, 0.2) is 11.5 Å². The Hall–Kier alpha value is -2.31. The number of ether oxygens (including phenoxy) is 2. The van der Waals surface area contributed by atoms with E-state index in [0.29, 0.717) is 12.4 Å². The van der Waals surface area contributed by atoms with Crippen LogP contribution in [0, 0.1) is 10.1 Å². The third-order valence-corrected chi connectivity index (χ3v) is 4.45. The molecule has 0 bridgehead atoms. The van der Waals surface area contributed by atoms with Crippen molar-refractivity contribution in [2.75, 3.05) is 20.8 Å². The average molecular weight is 336 g/mol. The van der Waals surface area contributed by atoms with Gasteiger partial charge in [-0.1, -0.05) is 19.3 Å². The van der Waals surface area contributed by atoms with Gasteiger partial charge in [-0.25, -0.2) is 0 Å². The lowest BCUT2D eigenvalue weighted by atomic mass is 9.94. The minimum Gasteiger partial charge on any atom is -0.493 e. The van der Waals surface area contributed by atoms with E-state index in [1.54, 1.807) is 18.9 Å². The quantitative estimate of drug-likeness (QED) is 0.587. The smallest absolute Gasteiger partial charge is 0.286 e. The Morgan fingerprint density at radius 2 is 1.96 bits per heavy atom. The summed E-state index contributed by atoms with van der Waals surface area (Å²) >= 11 is 0. The van der Waals surface area contributed by atoms with Gasteiger partial charge >= 0.3 is 0 Å². The molecule has 1 aromatic rings. The fraction of sp³-hybridized carbons (Fsp3) is 0.588. The van der Waals surface area contributed by atoms with Crippen LogP contribution in [0.3, 0.4) is 0 Å². The Bertz CT molecular complexity index is 611. The van der Waals surface area contributed by atoms with Crippen molar-refractivity contribution in [3.05, 3.63) is 27.8 Å². The van der Waals surface area contributed by atoms with Gasteiger partial charge in [0, 0.05) is 19.2 Å². The van der Waals surface area contributed by atoms with E-state index in [1.807, 2.05) is 0 Å². The number of nitrogens with zero attached hydrogens (tertiary/aromatic N) is 2. The summed E-state index contributed by atoms with van der Waals surface area (Å²) in [6, 6.07) is 2.80. The van der Waals surface area contributed by atoms with E-state index < -0.39 is 4.92 Å². The van der Waals surface area contributed by atoms with Crippen LogP contribution in [-0.4, -0.2) is 42.5 Å². The van der Waals surface area contributed by atoms with E-state index >= 15 is 0 Å². The summed E-state index contributed by atoms with van der Waals surface area (Å²) in [5.41, 5.74) is -0.222. The number of hydrogen-bond donors (Lipinski definition) is 0. The molecule has 0 spiro atoms. The minimum absolute atomic E-state index is 0.0355. The first-order valence-electron chi connectivity index (χ1n) is 8.26. The Labute approximate surface area is 141 Å². The number of carbonyl (C=O) groups is 1. The lowest BCUT2D eigenvalue weighted by molar-refractivity contribution is -0.385. The highest BCUT2D eigenvalue weighted by atomic mass is 16.6. The zero-order valence-electron chi connectivity index (χ0n) is 14.4. The van der Waals surface area contributed by atoms with Gasteiger partial charge in [0.05, 0.1) is 24.7 Å². The van der Waals surface area contributed by atoms with Gasteiger partial charge in [0.2, 0.25) is 0 Å². The lowest BCUT2D eigenvalue weighted by Crippen LogP contribution is -2.38. The maximum Gasteiger partial charge on any atom is 0.286 e. The van der Waals surface area contributed by atoms with Crippen LogP contribution in [0.1, 0.15) is 49.4 Å². The molecule has 0 radical (unpaired) electrons. The topological polar surface area (TPSA) is 81.9 Å². The maximum atomic E-state index is 12.8. The molecule has 0 saturated heterocycles. The number of amides is 1. The van der Waals surface area contributed by atoms with E-state index in [4.69, 9.17) is 9.47 Å². The van der Waals surface area contributed by atoms with E-state index in [1.165, 1.54) is 25.7 Å². The molecule has 0 aliphatic heterocycles. The minimum atomic E-state index is -0.552. The second kappa shape index (κ2) is 7.99. The Kier molecular flexibility index (Phi) is 6.00. The van der Waals surface area contributed by atoms with Gasteiger partial charge in [-0.15, -0.1) is 0 Å². The predicted octanol–water partition coefficient (Wildman–Crippen LogP) is 3.41. The van der Waals surface area contributed by atoms with E-state index in [0.717, 1.165) is 25.7 Å². The van der Waals surface area contributed by atoms with Gasteiger partial charge < -0.3 is 14.4 Å². The van der Waals surface area contributed by atoms with Crippen molar-refractivity contribution in [3.8, 4) is 11.5 Å². The van der Waals surface area contributed by atoms with Crippen LogP contribution < -0.4 is 9.47 Å². The standard InChI is InChI=1S/C17H24N2O5/c1-4-24-16-11-14(19(21)22)13(10-15(16)23-3)17(20)18(2)12-8-6-5-7-9-12/h10-12H,4-9H2,1-3H3. The summed E-state index contributed by atoms with van der Waals surface area (Å²) in [5, 5.41) is 11.4. The van der Waals surface area contributed by atoms with Crippen molar-refractivity contribution >= 4 is 11.6 Å². The summed E-state index contributed by atoms with van der Waals surface area (Å²) in [5.74, 6) is 0.237. The zero-order valence-corrected chi connectivity index (χ0v) is 14.4. The molecule has 132 valence electrons. The molecule has 0 N–H and O–H groups in total. The molecule has 1 aliphatic rings. The third kappa shape index (κ3) is 3.77. The van der Waals surface area contributed by atoms with Crippen LogP contribution >= 0.6 is 0 Å². The molecule has 7 heteroatoms. The summed E-state index contributed by atoms with van der Waals surface area (Å²) < 4.78 is 10.6. The van der Waals surface area contributed by atoms with E-state index in [9.17, 15) is 14.9 Å². The summed E-state index contributed by atoms with van der Waals surface area (Å²) in [6.07, 6.45) is 5.21. The van der Waals surface area contributed by atoms with E-state index in [2.05, 4.69) is 0 Å². The number of nitro groups is 1. The Morgan fingerprint density at radius 1 is 1.29 bits per heavy atom. The molecular formula is C17H24N2O5. The molecule has 1 aliphatic carbocycles. The van der Waals surface area contributed by atoms with Gasteiger partial charge in [-0.2, -0.15) is 0 Å². The maximum absolute atomic E-state index is 12.8. The normalized spacial score (nSPS) is 15.0. The summed E-state index contributed by atoms with van der Waals surface area (Å²) in [6.45, 7) is 2.13. The molecule has 1 fully saturated rings. The van der Waals surface area contributed by atoms with Crippen molar-refractivity contribution in [1.29, 1.82) is 0 Å². The first-order valence-corrected chi connectivity index (χ1v) is 8.26. The molecule has 1 aromatic carbocycles. The first kappa shape index (κ1) is 18.0. The largest absolute Gasteiger partial charge is 0.493 e. The molecule has 0 aromatic heterocycles. The number of hydrogen-bond acceptors (Lipinski definition) is 5. The SMILES string of the molecule is CCOc1cc([N+](=O)[O-])c(C(=O)N(C)C2CCCCC2)cc1OC. The van der Waals surface area contributed by atoms with Crippen molar-refractivity contribution in [3.63, 3.8) is 0 Å². The molecular weight excluding hydrogens is 312 g/mol.